The third-order valence-electron chi connectivity index (χ3n) is 5.88. The highest BCUT2D eigenvalue weighted by Crippen LogP contribution is 2.46. The van der Waals surface area contributed by atoms with Crippen molar-refractivity contribution >= 4 is 42.4 Å². The molecule has 42 heavy (non-hydrogen) atoms. The number of ether oxygens (including phenoxy) is 3. The fourth-order valence-corrected chi connectivity index (χ4v) is 6.10. The maximum absolute atomic E-state index is 13.8. The van der Waals surface area contributed by atoms with Crippen molar-refractivity contribution in [3.05, 3.63) is 22.7 Å². The van der Waals surface area contributed by atoms with Crippen molar-refractivity contribution in [1.82, 2.24) is 14.6 Å². The number of carbonyl (C=O) groups excluding carboxylic acids is 3. The quantitative estimate of drug-likeness (QED) is 0.150. The first kappa shape index (κ1) is 35.9. The number of rotatable bonds is 14. The zero-order valence-corrected chi connectivity index (χ0v) is 26.6. The van der Waals surface area contributed by atoms with Crippen molar-refractivity contribution in [3.8, 4) is 0 Å². The summed E-state index contributed by atoms with van der Waals surface area (Å²) in [5, 5.41) is 2.49. The van der Waals surface area contributed by atoms with E-state index in [1.165, 1.54) is 26.1 Å². The van der Waals surface area contributed by atoms with Gasteiger partial charge in [0.15, 0.2) is 11.3 Å². The van der Waals surface area contributed by atoms with Gasteiger partial charge in [-0.3, -0.25) is 28.0 Å². The largest absolute Gasteiger partial charge is 0.465 e. The molecule has 15 nitrogen and oxygen atoms in total. The fraction of sp³-hybridized carbons (Fsp3) is 0.720. The minimum atomic E-state index is -4.22. The van der Waals surface area contributed by atoms with Gasteiger partial charge in [-0.1, -0.05) is 32.5 Å². The van der Waals surface area contributed by atoms with E-state index in [2.05, 4.69) is 10.1 Å². The van der Waals surface area contributed by atoms with Gasteiger partial charge in [0.25, 0.3) is 0 Å². The van der Waals surface area contributed by atoms with Crippen LogP contribution in [0.25, 0.3) is 0 Å². The Morgan fingerprint density at radius 1 is 1.21 bits per heavy atom. The van der Waals surface area contributed by atoms with Crippen LogP contribution in [-0.4, -0.2) is 76.5 Å². The van der Waals surface area contributed by atoms with Crippen LogP contribution in [0.15, 0.2) is 17.1 Å². The second kappa shape index (κ2) is 15.4. The molecule has 5 N–H and O–H groups in total. The Morgan fingerprint density at radius 2 is 1.88 bits per heavy atom. The van der Waals surface area contributed by atoms with E-state index in [1.54, 1.807) is 34.6 Å². The number of nitrogens with one attached hydrogen (secondary N) is 1. The highest BCUT2D eigenvalue weighted by atomic mass is 32.2. The topological polar surface area (TPSA) is 213 Å². The molecule has 0 radical (unpaired) electrons. The highest BCUT2D eigenvalue weighted by molar-refractivity contribution is 8.13. The van der Waals surface area contributed by atoms with Crippen molar-refractivity contribution in [2.24, 2.45) is 17.1 Å². The standard InChI is InChI=1S/C25H42N5O10PS/c1-14(2)39-22(32)15(3)29-41(35,37-10-11-42-23(33)25(5,6)7)38-13-18-17(12-36-16(4)31)20(27)21(40-18)30-9-8-19(26)28-24(30)34/h8-9,14-15,17-18,20-21H,10-13,27H2,1-7H3,(H,29,35)(H2,26,28,34)/t15-,17+,18+,20+,21+,41?/m0/s1. The van der Waals surface area contributed by atoms with Crippen LogP contribution in [0.2, 0.25) is 0 Å². The molecule has 1 unspecified atom stereocenters. The second-order valence-electron chi connectivity index (χ2n) is 11.0. The molecule has 2 rings (SSSR count). The number of hydrogen-bond acceptors (Lipinski definition) is 14. The van der Waals surface area contributed by atoms with E-state index in [0.29, 0.717) is 0 Å². The Kier molecular flexibility index (Phi) is 13.2. The van der Waals surface area contributed by atoms with Crippen LogP contribution in [0.1, 0.15) is 54.7 Å². The molecular weight excluding hydrogens is 593 g/mol. The molecule has 238 valence electrons. The summed E-state index contributed by atoms with van der Waals surface area (Å²) >= 11 is 1.01. The van der Waals surface area contributed by atoms with Crippen molar-refractivity contribution in [1.29, 1.82) is 0 Å². The zero-order valence-electron chi connectivity index (χ0n) is 24.9. The van der Waals surface area contributed by atoms with E-state index in [-0.39, 0.29) is 29.9 Å². The van der Waals surface area contributed by atoms with E-state index >= 15 is 0 Å². The predicted molar refractivity (Wildman–Crippen MR) is 155 cm³/mol. The third-order valence-corrected chi connectivity index (χ3v) is 8.84. The van der Waals surface area contributed by atoms with E-state index < -0.39 is 73.8 Å². The van der Waals surface area contributed by atoms with Crippen molar-refractivity contribution in [2.75, 3.05) is 31.3 Å². The fourth-order valence-electron chi connectivity index (χ4n) is 3.71. The molecule has 17 heteroatoms. The smallest absolute Gasteiger partial charge is 0.406 e. The maximum atomic E-state index is 13.8. The van der Waals surface area contributed by atoms with Crippen LogP contribution >= 0.6 is 19.5 Å². The molecule has 0 amide bonds. The molecule has 1 saturated heterocycles. The van der Waals surface area contributed by atoms with Gasteiger partial charge in [0.1, 0.15) is 11.9 Å². The number of esters is 2. The SMILES string of the molecule is CC(=O)OC[C@H]1[C@@H](N)[C@H](n2ccc(N)nc2=O)O[C@@H]1COP(=O)(N[C@@H](C)C(=O)OC(C)C)OCCSC(=O)C(C)(C)C. The Bertz CT molecular complexity index is 1210. The molecule has 1 aliphatic heterocycles. The number of carbonyl (C=O) groups is 3. The Balaban J connectivity index is 2.23. The highest BCUT2D eigenvalue weighted by Gasteiger charge is 2.46. The average molecular weight is 636 g/mol. The minimum absolute atomic E-state index is 0.0100. The van der Waals surface area contributed by atoms with Gasteiger partial charge in [-0.25, -0.2) is 14.4 Å². The number of aromatic nitrogens is 2. The molecule has 0 aromatic carbocycles. The normalized spacial score (nSPS) is 22.9. The minimum Gasteiger partial charge on any atom is -0.465 e. The summed E-state index contributed by atoms with van der Waals surface area (Å²) < 4.78 is 42.6. The Morgan fingerprint density at radius 3 is 2.45 bits per heavy atom. The van der Waals surface area contributed by atoms with E-state index in [1.807, 2.05) is 0 Å². The molecule has 0 saturated carbocycles. The van der Waals surface area contributed by atoms with Crippen LogP contribution in [0.5, 0.6) is 0 Å². The lowest BCUT2D eigenvalue weighted by molar-refractivity contribution is -0.149. The first-order valence-electron chi connectivity index (χ1n) is 13.4. The summed E-state index contributed by atoms with van der Waals surface area (Å²) in [6.07, 6.45) is -1.01. The number of nitrogens with zero attached hydrogens (tertiary/aromatic N) is 2. The number of anilines is 1. The molecule has 0 bridgehead atoms. The predicted octanol–water partition coefficient (Wildman–Crippen LogP) is 1.61. The van der Waals surface area contributed by atoms with E-state index in [0.717, 1.165) is 16.3 Å². The summed E-state index contributed by atoms with van der Waals surface area (Å²) in [5.41, 5.74) is 10.7. The average Bonchev–Trinajstić information content (AvgIpc) is 3.17. The molecular formula is C25H42N5O10PS. The number of nitrogen functional groups attached to an aromatic ring is 1. The maximum Gasteiger partial charge on any atom is 0.406 e. The molecule has 0 spiro atoms. The van der Waals surface area contributed by atoms with Crippen LogP contribution in [0.3, 0.4) is 0 Å². The van der Waals surface area contributed by atoms with E-state index in [4.69, 9.17) is 34.7 Å². The molecule has 6 atom stereocenters. The number of nitrogens with two attached hydrogens (primary N) is 2. The van der Waals surface area contributed by atoms with Crippen molar-refractivity contribution < 1.29 is 42.2 Å². The van der Waals surface area contributed by atoms with Crippen molar-refractivity contribution in [2.45, 2.75) is 79.0 Å². The zero-order chi connectivity index (χ0) is 31.8. The van der Waals surface area contributed by atoms with Gasteiger partial charge in [0.2, 0.25) is 0 Å². The first-order valence-corrected chi connectivity index (χ1v) is 15.9. The Hall–Kier alpha value is -2.33. The number of hydrogen-bond donors (Lipinski definition) is 3. The molecule has 1 aliphatic rings. The molecule has 1 aromatic rings. The summed E-state index contributed by atoms with van der Waals surface area (Å²) in [5.74, 6) is -1.76. The molecule has 1 fully saturated rings. The monoisotopic (exact) mass is 635 g/mol. The van der Waals surface area contributed by atoms with Gasteiger partial charge in [-0.15, -0.1) is 0 Å². The first-order chi connectivity index (χ1) is 19.4. The summed E-state index contributed by atoms with van der Waals surface area (Å²) in [6, 6.07) is -0.555. The lowest BCUT2D eigenvalue weighted by atomic mass is 9.97. The molecule has 0 aliphatic carbocycles. The summed E-state index contributed by atoms with van der Waals surface area (Å²) in [4.78, 5) is 52.4. The van der Waals surface area contributed by atoms with Gasteiger partial charge >= 0.3 is 25.4 Å². The van der Waals surface area contributed by atoms with Gasteiger partial charge in [-0.2, -0.15) is 4.98 Å². The summed E-state index contributed by atoms with van der Waals surface area (Å²) in [6.45, 7) is 10.6. The van der Waals surface area contributed by atoms with Crippen LogP contribution in [-0.2, 0) is 42.2 Å². The van der Waals surface area contributed by atoms with Crippen LogP contribution in [0, 0.1) is 11.3 Å². The van der Waals surface area contributed by atoms with Gasteiger partial charge in [0, 0.05) is 30.2 Å². The second-order valence-corrected chi connectivity index (χ2v) is 13.8. The number of thioether (sulfide) groups is 1. The third kappa shape index (κ3) is 10.7. The summed E-state index contributed by atoms with van der Waals surface area (Å²) in [7, 11) is -4.22. The molecule has 1 aromatic heterocycles. The lowest BCUT2D eigenvalue weighted by Gasteiger charge is -2.26. The van der Waals surface area contributed by atoms with Gasteiger partial charge in [0.05, 0.1) is 38.1 Å². The lowest BCUT2D eigenvalue weighted by Crippen LogP contribution is -2.41. The Labute approximate surface area is 249 Å². The van der Waals surface area contributed by atoms with Crippen LogP contribution < -0.4 is 22.2 Å². The van der Waals surface area contributed by atoms with Gasteiger partial charge in [-0.05, 0) is 26.8 Å². The van der Waals surface area contributed by atoms with Crippen molar-refractivity contribution in [3.63, 3.8) is 0 Å². The van der Waals surface area contributed by atoms with E-state index in [9.17, 15) is 23.7 Å². The molecule has 2 heterocycles. The van der Waals surface area contributed by atoms with Gasteiger partial charge < -0.3 is 25.7 Å². The van der Waals surface area contributed by atoms with Crippen LogP contribution in [0.4, 0.5) is 5.82 Å².